The Morgan fingerprint density at radius 2 is 1.77 bits per heavy atom. The quantitative estimate of drug-likeness (QED) is 0.880. The number of benzene rings is 2. The molecule has 0 amide bonds. The van der Waals surface area contributed by atoms with Crippen LogP contribution >= 0.6 is 0 Å². The van der Waals surface area contributed by atoms with Gasteiger partial charge >= 0.3 is 5.97 Å². The molecule has 0 heterocycles. The lowest BCUT2D eigenvalue weighted by Gasteiger charge is -2.32. The fraction of sp³-hybridized carbons (Fsp3) is 0.278. The summed E-state index contributed by atoms with van der Waals surface area (Å²) in [4.78, 5) is 10.7. The Kier molecular flexibility index (Phi) is 4.39. The van der Waals surface area contributed by atoms with Gasteiger partial charge in [-0.25, -0.2) is 0 Å². The Morgan fingerprint density at radius 3 is 2.50 bits per heavy atom. The van der Waals surface area contributed by atoms with E-state index in [0.29, 0.717) is 19.4 Å². The molecule has 1 saturated carbocycles. The molecule has 0 atom stereocenters. The maximum absolute atomic E-state index is 10.7. The molecule has 2 aromatic carbocycles. The van der Waals surface area contributed by atoms with E-state index >= 15 is 0 Å². The zero-order valence-corrected chi connectivity index (χ0v) is 12.1. The molecule has 1 N–H and O–H groups in total. The van der Waals surface area contributed by atoms with Crippen molar-refractivity contribution in [2.75, 3.05) is 0 Å². The smallest absolute Gasteiger partial charge is 0.306 e. The number of aliphatic carboxylic acids is 1. The predicted molar refractivity (Wildman–Crippen MR) is 81.9 cm³/mol. The molecule has 22 heavy (non-hydrogen) atoms. The van der Waals surface area contributed by atoms with Gasteiger partial charge in [0.15, 0.2) is 0 Å². The zero-order chi connectivity index (χ0) is 15.4. The van der Waals surface area contributed by atoms with Crippen molar-refractivity contribution in [3.8, 4) is 11.5 Å². The lowest BCUT2D eigenvalue weighted by molar-refractivity contribution is -0.151. The topological polar surface area (TPSA) is 55.8 Å². The van der Waals surface area contributed by atoms with Crippen molar-refractivity contribution < 1.29 is 19.4 Å². The average Bonchev–Trinajstić information content (AvgIpc) is 2.47. The molecule has 0 aromatic heterocycles. The Balaban J connectivity index is 1.52. The van der Waals surface area contributed by atoms with E-state index in [1.807, 2.05) is 54.6 Å². The summed E-state index contributed by atoms with van der Waals surface area (Å²) in [6.45, 7) is 0.475. The lowest BCUT2D eigenvalue weighted by atomic mass is 9.82. The highest BCUT2D eigenvalue weighted by Crippen LogP contribution is 2.31. The fourth-order valence-electron chi connectivity index (χ4n) is 2.44. The van der Waals surface area contributed by atoms with Gasteiger partial charge in [0, 0.05) is 0 Å². The number of hydrogen-bond donors (Lipinski definition) is 1. The number of carbonyl (C=O) groups is 1. The summed E-state index contributed by atoms with van der Waals surface area (Å²) in [5, 5.41) is 8.84. The molecule has 3 rings (SSSR count). The molecule has 0 radical (unpaired) electrons. The first-order chi connectivity index (χ1) is 10.7. The van der Waals surface area contributed by atoms with E-state index in [4.69, 9.17) is 14.6 Å². The third kappa shape index (κ3) is 3.65. The molecule has 4 heteroatoms. The summed E-state index contributed by atoms with van der Waals surface area (Å²) < 4.78 is 11.5. The summed E-state index contributed by atoms with van der Waals surface area (Å²) in [6.07, 6.45) is 1.27. The summed E-state index contributed by atoms with van der Waals surface area (Å²) in [5.74, 6) is 0.601. The Morgan fingerprint density at radius 1 is 1.05 bits per heavy atom. The molecule has 1 fully saturated rings. The van der Waals surface area contributed by atoms with E-state index in [1.165, 1.54) is 0 Å². The van der Waals surface area contributed by atoms with E-state index in [9.17, 15) is 4.79 Å². The van der Waals surface area contributed by atoms with Crippen molar-refractivity contribution in [3.05, 3.63) is 60.2 Å². The highest BCUT2D eigenvalue weighted by Gasteiger charge is 2.34. The molecule has 0 aliphatic heterocycles. The molecule has 4 nitrogen and oxygen atoms in total. The van der Waals surface area contributed by atoms with Crippen LogP contribution in [0.3, 0.4) is 0 Å². The van der Waals surface area contributed by atoms with Gasteiger partial charge in [0.2, 0.25) is 0 Å². The Labute approximate surface area is 129 Å². The van der Waals surface area contributed by atoms with E-state index in [-0.39, 0.29) is 12.0 Å². The Hall–Kier alpha value is -2.33. The molecule has 0 bridgehead atoms. The van der Waals surface area contributed by atoms with Gasteiger partial charge in [0.25, 0.3) is 0 Å². The second kappa shape index (κ2) is 6.62. The molecular formula is C18H18O4. The van der Waals surface area contributed by atoms with Gasteiger partial charge in [-0.3, -0.25) is 4.79 Å². The molecule has 114 valence electrons. The number of para-hydroxylation sites is 1. The predicted octanol–water partition coefficient (Wildman–Crippen LogP) is 3.86. The minimum Gasteiger partial charge on any atom is -0.481 e. The van der Waals surface area contributed by atoms with Gasteiger partial charge in [-0.05, 0) is 42.7 Å². The van der Waals surface area contributed by atoms with E-state index in [0.717, 1.165) is 17.1 Å². The third-order valence-electron chi connectivity index (χ3n) is 3.81. The van der Waals surface area contributed by atoms with Gasteiger partial charge in [0.1, 0.15) is 11.5 Å². The van der Waals surface area contributed by atoms with Crippen LogP contribution in [0.15, 0.2) is 54.6 Å². The fourth-order valence-corrected chi connectivity index (χ4v) is 2.44. The van der Waals surface area contributed by atoms with Crippen molar-refractivity contribution >= 4 is 5.97 Å². The first-order valence-electron chi connectivity index (χ1n) is 7.37. The van der Waals surface area contributed by atoms with E-state index < -0.39 is 5.97 Å². The van der Waals surface area contributed by atoms with Crippen molar-refractivity contribution in [2.24, 2.45) is 5.92 Å². The zero-order valence-electron chi connectivity index (χ0n) is 12.1. The molecule has 0 saturated heterocycles. The highest BCUT2D eigenvalue weighted by atomic mass is 16.5. The highest BCUT2D eigenvalue weighted by molar-refractivity contribution is 5.71. The van der Waals surface area contributed by atoms with E-state index in [2.05, 4.69) is 0 Å². The molecule has 1 aliphatic carbocycles. The summed E-state index contributed by atoms with van der Waals surface area (Å²) >= 11 is 0. The van der Waals surface area contributed by atoms with E-state index in [1.54, 1.807) is 0 Å². The molecule has 2 aromatic rings. The van der Waals surface area contributed by atoms with Crippen LogP contribution in [0.5, 0.6) is 11.5 Å². The second-order valence-electron chi connectivity index (χ2n) is 5.50. The lowest BCUT2D eigenvalue weighted by Crippen LogP contribution is -2.36. The minimum absolute atomic E-state index is 0.0554. The second-order valence-corrected chi connectivity index (χ2v) is 5.50. The molecule has 0 unspecified atom stereocenters. The van der Waals surface area contributed by atoms with Crippen molar-refractivity contribution in [1.29, 1.82) is 0 Å². The van der Waals surface area contributed by atoms with Crippen LogP contribution in [-0.4, -0.2) is 17.2 Å². The van der Waals surface area contributed by atoms with Crippen LogP contribution in [0.25, 0.3) is 0 Å². The molecule has 1 aliphatic rings. The minimum atomic E-state index is -0.724. The third-order valence-corrected chi connectivity index (χ3v) is 3.81. The van der Waals surface area contributed by atoms with Crippen LogP contribution in [0.4, 0.5) is 0 Å². The van der Waals surface area contributed by atoms with Crippen LogP contribution < -0.4 is 4.74 Å². The van der Waals surface area contributed by atoms with Crippen LogP contribution in [0, 0.1) is 5.92 Å². The van der Waals surface area contributed by atoms with Gasteiger partial charge in [-0.2, -0.15) is 0 Å². The maximum Gasteiger partial charge on any atom is 0.306 e. The van der Waals surface area contributed by atoms with Crippen molar-refractivity contribution in [2.45, 2.75) is 25.6 Å². The van der Waals surface area contributed by atoms with Gasteiger partial charge in [0.05, 0.1) is 18.6 Å². The average molecular weight is 298 g/mol. The molecular weight excluding hydrogens is 280 g/mol. The van der Waals surface area contributed by atoms with Crippen LogP contribution in [0.1, 0.15) is 18.4 Å². The number of ether oxygens (including phenoxy) is 2. The maximum atomic E-state index is 10.7. The van der Waals surface area contributed by atoms with Gasteiger partial charge in [-0.15, -0.1) is 0 Å². The first kappa shape index (κ1) is 14.6. The number of rotatable bonds is 6. The van der Waals surface area contributed by atoms with Crippen molar-refractivity contribution in [1.82, 2.24) is 0 Å². The number of carboxylic acids is 1. The first-order valence-corrected chi connectivity index (χ1v) is 7.37. The normalized spacial score (nSPS) is 20.2. The largest absolute Gasteiger partial charge is 0.481 e. The molecule has 0 spiro atoms. The standard InChI is InChI=1S/C18H18O4/c19-18(20)14-10-17(11-14)21-12-13-5-4-8-16(9-13)22-15-6-2-1-3-7-15/h1-9,14,17H,10-12H2,(H,19,20). The van der Waals surface area contributed by atoms with Gasteiger partial charge < -0.3 is 14.6 Å². The summed E-state index contributed by atoms with van der Waals surface area (Å²) in [5.41, 5.74) is 1.02. The van der Waals surface area contributed by atoms with Crippen molar-refractivity contribution in [3.63, 3.8) is 0 Å². The monoisotopic (exact) mass is 298 g/mol. The SMILES string of the molecule is O=C(O)C1CC(OCc2cccc(Oc3ccccc3)c2)C1. The summed E-state index contributed by atoms with van der Waals surface area (Å²) in [6, 6.07) is 17.4. The van der Waals surface area contributed by atoms with Crippen LogP contribution in [0.2, 0.25) is 0 Å². The summed E-state index contributed by atoms with van der Waals surface area (Å²) in [7, 11) is 0. The van der Waals surface area contributed by atoms with Crippen LogP contribution in [-0.2, 0) is 16.1 Å². The Bertz CT molecular complexity index is 633. The number of hydrogen-bond acceptors (Lipinski definition) is 3. The van der Waals surface area contributed by atoms with Gasteiger partial charge in [-0.1, -0.05) is 30.3 Å². The number of carboxylic acid groups (broad SMARTS) is 1.